The minimum absolute atomic E-state index is 0.145. The Balaban J connectivity index is 1.11. The number of anilines is 1. The van der Waals surface area contributed by atoms with Crippen molar-refractivity contribution in [2.24, 2.45) is 5.10 Å². The van der Waals surface area contributed by atoms with Crippen LogP contribution >= 0.6 is 11.3 Å². The summed E-state index contributed by atoms with van der Waals surface area (Å²) in [7, 11) is -4.10. The number of hydrogen-bond donors (Lipinski definition) is 2. The van der Waals surface area contributed by atoms with Gasteiger partial charge in [-0.15, -0.1) is 0 Å². The quantitative estimate of drug-likeness (QED) is 0.120. The average molecular weight is 624 g/mol. The largest absolute Gasteiger partial charge is 0.281 e. The fourth-order valence-corrected chi connectivity index (χ4v) is 7.16. The van der Waals surface area contributed by atoms with Gasteiger partial charge in [0.1, 0.15) is 0 Å². The van der Waals surface area contributed by atoms with Gasteiger partial charge in [-0.05, 0) is 80.0 Å². The van der Waals surface area contributed by atoms with Gasteiger partial charge in [-0.1, -0.05) is 78.4 Å². The second-order valence-corrected chi connectivity index (χ2v) is 13.5. The Labute approximate surface area is 261 Å². The number of pyridine rings is 1. The number of sulfonamides is 1. The van der Waals surface area contributed by atoms with Crippen molar-refractivity contribution >= 4 is 48.3 Å². The molecule has 1 amide bonds. The summed E-state index contributed by atoms with van der Waals surface area (Å²) in [5, 5.41) is 5.26. The zero-order chi connectivity index (χ0) is 30.4. The Morgan fingerprint density at radius 1 is 0.864 bits per heavy atom. The highest BCUT2D eigenvalue weighted by atomic mass is 32.2. The number of carbonyl (C=O) groups is 1. The highest BCUT2D eigenvalue weighted by Gasteiger charge is 2.21. The van der Waals surface area contributed by atoms with Gasteiger partial charge in [-0.2, -0.15) is 13.5 Å². The van der Waals surface area contributed by atoms with E-state index in [0.717, 1.165) is 70.7 Å². The van der Waals surface area contributed by atoms with E-state index in [1.807, 2.05) is 54.6 Å². The lowest BCUT2D eigenvalue weighted by Gasteiger charge is -2.19. The number of fused-ring (bicyclic) bond motifs is 2. The van der Waals surface area contributed by atoms with Gasteiger partial charge in [-0.25, -0.2) is 14.7 Å². The van der Waals surface area contributed by atoms with E-state index in [0.29, 0.717) is 12.1 Å². The second-order valence-electron chi connectivity index (χ2n) is 10.8. The van der Waals surface area contributed by atoms with Crippen molar-refractivity contribution < 1.29 is 13.2 Å². The standard InChI is InChI=1S/C34H33N5O3S2/c40-32(19-6-2-5-13-24-11-3-1-4-12-24)39-44(41,42)33-20-10-16-28(35-33)26-22-21-25-14-9-17-29(27(25)23-26)37-38-34-36-30-15-7-8-18-31(30)43-34/h1,3-4,7-8,10-12,15-16,18,20-23H,2,5-6,9,13-14,17,19H2,(H,36,38)(H,39,40). The van der Waals surface area contributed by atoms with E-state index in [-0.39, 0.29) is 11.4 Å². The van der Waals surface area contributed by atoms with Crippen LogP contribution in [-0.4, -0.2) is 30.0 Å². The molecule has 5 aromatic rings. The number of rotatable bonds is 11. The molecule has 1 aliphatic rings. The first-order valence-corrected chi connectivity index (χ1v) is 17.1. The van der Waals surface area contributed by atoms with Crippen LogP contribution in [0, 0.1) is 0 Å². The van der Waals surface area contributed by atoms with E-state index in [1.54, 1.807) is 23.5 Å². The van der Waals surface area contributed by atoms with Crippen LogP contribution in [0.5, 0.6) is 0 Å². The molecule has 0 atom stereocenters. The number of hydrazone groups is 1. The molecule has 1 aliphatic carbocycles. The lowest BCUT2D eigenvalue weighted by molar-refractivity contribution is -0.119. The monoisotopic (exact) mass is 623 g/mol. The molecule has 0 radical (unpaired) electrons. The number of nitrogens with zero attached hydrogens (tertiary/aromatic N) is 3. The summed E-state index contributed by atoms with van der Waals surface area (Å²) >= 11 is 1.55. The predicted octanol–water partition coefficient (Wildman–Crippen LogP) is 7.12. The van der Waals surface area contributed by atoms with Crippen molar-refractivity contribution in [3.8, 4) is 11.3 Å². The lowest BCUT2D eigenvalue weighted by Crippen LogP contribution is -2.31. The molecule has 6 rings (SSSR count). The van der Waals surface area contributed by atoms with Gasteiger partial charge in [0, 0.05) is 17.5 Å². The first-order valence-electron chi connectivity index (χ1n) is 14.8. The average Bonchev–Trinajstić information content (AvgIpc) is 3.47. The number of benzene rings is 3. The van der Waals surface area contributed by atoms with Crippen LogP contribution in [0.15, 0.2) is 101 Å². The van der Waals surface area contributed by atoms with E-state index in [1.165, 1.54) is 17.2 Å². The van der Waals surface area contributed by atoms with Crippen molar-refractivity contribution in [3.05, 3.63) is 108 Å². The molecule has 8 nitrogen and oxygen atoms in total. The number of carbonyl (C=O) groups excluding carboxylic acids is 1. The van der Waals surface area contributed by atoms with Crippen LogP contribution in [0.25, 0.3) is 21.5 Å². The van der Waals surface area contributed by atoms with Gasteiger partial charge in [0.05, 0.1) is 21.6 Å². The number of unbranched alkanes of at least 4 members (excludes halogenated alkanes) is 2. The molecule has 0 aliphatic heterocycles. The number of nitrogens with one attached hydrogen (secondary N) is 2. The molecule has 2 heterocycles. The van der Waals surface area contributed by atoms with Crippen molar-refractivity contribution in [3.63, 3.8) is 0 Å². The number of thiazole rings is 1. The van der Waals surface area contributed by atoms with Crippen molar-refractivity contribution in [2.45, 2.75) is 56.4 Å². The summed E-state index contributed by atoms with van der Waals surface area (Å²) in [6.07, 6.45) is 6.23. The molecule has 3 aromatic carbocycles. The maximum absolute atomic E-state index is 13.0. The van der Waals surface area contributed by atoms with Gasteiger partial charge in [0.25, 0.3) is 10.0 Å². The predicted molar refractivity (Wildman–Crippen MR) is 176 cm³/mol. The molecule has 0 spiro atoms. The molecule has 0 saturated heterocycles. The van der Waals surface area contributed by atoms with Gasteiger partial charge in [0.15, 0.2) is 5.03 Å². The first-order chi connectivity index (χ1) is 21.4. The van der Waals surface area contributed by atoms with Crippen molar-refractivity contribution in [2.75, 3.05) is 5.43 Å². The van der Waals surface area contributed by atoms with E-state index in [2.05, 4.69) is 38.3 Å². The molecule has 2 aromatic heterocycles. The third-order valence-electron chi connectivity index (χ3n) is 7.62. The van der Waals surface area contributed by atoms with Crippen molar-refractivity contribution in [1.82, 2.24) is 14.7 Å². The molecule has 2 N–H and O–H groups in total. The maximum atomic E-state index is 13.0. The molecule has 44 heavy (non-hydrogen) atoms. The molecule has 0 fully saturated rings. The minimum atomic E-state index is -4.10. The summed E-state index contributed by atoms with van der Waals surface area (Å²) in [6, 6.07) is 29.0. The normalized spacial score (nSPS) is 14.0. The molecule has 0 saturated carbocycles. The topological polar surface area (TPSA) is 113 Å². The number of para-hydroxylation sites is 1. The fraction of sp³-hybridized carbons (Fsp3) is 0.235. The van der Waals surface area contributed by atoms with Crippen LogP contribution in [0.1, 0.15) is 55.2 Å². The van der Waals surface area contributed by atoms with Gasteiger partial charge in [0.2, 0.25) is 11.0 Å². The smallest absolute Gasteiger partial charge is 0.274 e. The Hall–Kier alpha value is -4.41. The van der Waals surface area contributed by atoms with E-state index in [4.69, 9.17) is 5.10 Å². The molecule has 0 unspecified atom stereocenters. The summed E-state index contributed by atoms with van der Waals surface area (Å²) < 4.78 is 29.4. The fourth-order valence-electron chi connectivity index (χ4n) is 5.37. The molecular formula is C34H33N5O3S2. The minimum Gasteiger partial charge on any atom is -0.274 e. The highest BCUT2D eigenvalue weighted by Crippen LogP contribution is 2.29. The number of amides is 1. The molecule has 10 heteroatoms. The van der Waals surface area contributed by atoms with Gasteiger partial charge < -0.3 is 0 Å². The van der Waals surface area contributed by atoms with E-state index < -0.39 is 15.9 Å². The van der Waals surface area contributed by atoms with Crippen LogP contribution in [-0.2, 0) is 27.7 Å². The summed E-state index contributed by atoms with van der Waals surface area (Å²) in [4.78, 5) is 21.5. The number of aryl methyl sites for hydroxylation is 2. The van der Waals surface area contributed by atoms with Gasteiger partial charge >= 0.3 is 0 Å². The van der Waals surface area contributed by atoms with Crippen LogP contribution in [0.2, 0.25) is 0 Å². The Kier molecular flexibility index (Phi) is 9.09. The highest BCUT2D eigenvalue weighted by molar-refractivity contribution is 7.90. The zero-order valence-electron chi connectivity index (χ0n) is 24.2. The zero-order valence-corrected chi connectivity index (χ0v) is 25.8. The van der Waals surface area contributed by atoms with Crippen LogP contribution in [0.3, 0.4) is 0 Å². The molecular weight excluding hydrogens is 591 g/mol. The molecule has 224 valence electrons. The summed E-state index contributed by atoms with van der Waals surface area (Å²) in [5.74, 6) is -0.521. The number of hydrogen-bond acceptors (Lipinski definition) is 8. The number of aromatic nitrogens is 2. The Morgan fingerprint density at radius 2 is 1.70 bits per heavy atom. The molecule has 0 bridgehead atoms. The van der Waals surface area contributed by atoms with Gasteiger partial charge in [-0.3, -0.25) is 10.2 Å². The first kappa shape index (κ1) is 29.7. The summed E-state index contributed by atoms with van der Waals surface area (Å²) in [6.45, 7) is 0. The second kappa shape index (κ2) is 13.5. The Bertz CT molecular complexity index is 1890. The Morgan fingerprint density at radius 3 is 2.57 bits per heavy atom. The maximum Gasteiger partial charge on any atom is 0.281 e. The third kappa shape index (κ3) is 7.20. The van der Waals surface area contributed by atoms with Crippen molar-refractivity contribution in [1.29, 1.82) is 0 Å². The van der Waals surface area contributed by atoms with E-state index in [9.17, 15) is 13.2 Å². The van der Waals surface area contributed by atoms with E-state index >= 15 is 0 Å². The summed E-state index contributed by atoms with van der Waals surface area (Å²) in [5.41, 5.74) is 9.74. The van der Waals surface area contributed by atoms with Crippen LogP contribution in [0.4, 0.5) is 5.13 Å². The lowest BCUT2D eigenvalue weighted by atomic mass is 9.88. The SMILES string of the molecule is O=C(CCCCCc1ccccc1)NS(=O)(=O)c1cccc(-c2ccc3c(c2)C(=NNc2nc4ccccc4s2)CCC3)n1. The third-order valence-corrected chi connectivity index (χ3v) is 9.83. The van der Waals surface area contributed by atoms with Crippen LogP contribution < -0.4 is 10.1 Å².